The molecule has 3 aromatic rings. The van der Waals surface area contributed by atoms with Gasteiger partial charge in [-0.2, -0.15) is 11.3 Å². The van der Waals surface area contributed by atoms with Crippen LogP contribution in [0.25, 0.3) is 0 Å². The summed E-state index contributed by atoms with van der Waals surface area (Å²) in [6.07, 6.45) is 0.814. The molecule has 142 valence electrons. The van der Waals surface area contributed by atoms with Crippen molar-refractivity contribution in [3.8, 4) is 5.75 Å². The highest BCUT2D eigenvalue weighted by molar-refractivity contribution is 7.08. The van der Waals surface area contributed by atoms with Gasteiger partial charge in [-0.15, -0.1) is 0 Å². The van der Waals surface area contributed by atoms with E-state index in [-0.39, 0.29) is 22.6 Å². The number of nitrogens with one attached hydrogen (secondary N) is 1. The predicted molar refractivity (Wildman–Crippen MR) is 104 cm³/mol. The van der Waals surface area contributed by atoms with Crippen molar-refractivity contribution in [2.45, 2.75) is 12.2 Å². The number of fused-ring (bicyclic) bond motifs is 1. The lowest BCUT2D eigenvalue weighted by Crippen LogP contribution is -2.40. The van der Waals surface area contributed by atoms with Gasteiger partial charge >= 0.3 is 5.97 Å². The lowest BCUT2D eigenvalue weighted by molar-refractivity contribution is -0.119. The van der Waals surface area contributed by atoms with Crippen molar-refractivity contribution in [3.63, 3.8) is 0 Å². The molecule has 1 aliphatic rings. The number of hydrogen-bond donors (Lipinski definition) is 4. The van der Waals surface area contributed by atoms with Gasteiger partial charge in [0, 0.05) is 17.3 Å². The van der Waals surface area contributed by atoms with E-state index in [0.29, 0.717) is 5.82 Å². The molecule has 0 fully saturated rings. The molecule has 2 unspecified atom stereocenters. The van der Waals surface area contributed by atoms with Crippen molar-refractivity contribution < 1.29 is 19.8 Å². The molecule has 5 N–H and O–H groups in total. The summed E-state index contributed by atoms with van der Waals surface area (Å²) in [5.41, 5.74) is 7.07. The fourth-order valence-electron chi connectivity index (χ4n) is 3.43. The molecule has 1 aromatic carbocycles. The van der Waals surface area contributed by atoms with Crippen LogP contribution in [0.1, 0.15) is 33.7 Å². The van der Waals surface area contributed by atoms with E-state index in [9.17, 15) is 19.8 Å². The third kappa shape index (κ3) is 2.81. The molecule has 3 heterocycles. The van der Waals surface area contributed by atoms with E-state index in [4.69, 9.17) is 5.73 Å². The number of rotatable bonds is 5. The maximum absolute atomic E-state index is 12.5. The lowest BCUT2D eigenvalue weighted by Gasteiger charge is -2.33. The van der Waals surface area contributed by atoms with E-state index >= 15 is 0 Å². The van der Waals surface area contributed by atoms with Gasteiger partial charge in [-0.05, 0) is 29.0 Å². The SMILES string of the molecule is NC(=O)C(c1ccccc1O)N1c2c(C(=O)O)ccnc2NC1c1ccsc1. The Kier molecular flexibility index (Phi) is 4.36. The zero-order valence-corrected chi connectivity index (χ0v) is 15.3. The van der Waals surface area contributed by atoms with Gasteiger partial charge in [0.05, 0.1) is 11.3 Å². The Hall–Kier alpha value is -3.59. The Bertz CT molecular complexity index is 1050. The number of carboxylic acid groups (broad SMARTS) is 1. The minimum absolute atomic E-state index is 0.0168. The van der Waals surface area contributed by atoms with Crippen LogP contribution in [0.5, 0.6) is 5.75 Å². The summed E-state index contributed by atoms with van der Waals surface area (Å²) in [6.45, 7) is 0. The summed E-state index contributed by atoms with van der Waals surface area (Å²) in [6, 6.07) is 8.48. The third-order valence-electron chi connectivity index (χ3n) is 4.60. The van der Waals surface area contributed by atoms with Crippen LogP contribution in [-0.2, 0) is 4.79 Å². The van der Waals surface area contributed by atoms with Gasteiger partial charge < -0.3 is 26.2 Å². The summed E-state index contributed by atoms with van der Waals surface area (Å²) >= 11 is 1.47. The number of primary amides is 1. The van der Waals surface area contributed by atoms with Crippen LogP contribution in [0.4, 0.5) is 11.5 Å². The average Bonchev–Trinajstić information content (AvgIpc) is 3.31. The number of carbonyl (C=O) groups excluding carboxylic acids is 1. The summed E-state index contributed by atoms with van der Waals surface area (Å²) in [7, 11) is 0. The average molecular weight is 396 g/mol. The molecule has 1 amide bonds. The number of benzene rings is 1. The zero-order valence-electron chi connectivity index (χ0n) is 14.4. The number of aromatic hydroxyl groups is 1. The maximum atomic E-state index is 12.5. The van der Waals surface area contributed by atoms with Crippen molar-refractivity contribution in [1.29, 1.82) is 0 Å². The van der Waals surface area contributed by atoms with Crippen molar-refractivity contribution in [2.75, 3.05) is 10.2 Å². The number of aromatic nitrogens is 1. The van der Waals surface area contributed by atoms with Gasteiger partial charge in [0.15, 0.2) is 5.82 Å². The number of carbonyl (C=O) groups is 2. The molecule has 0 spiro atoms. The van der Waals surface area contributed by atoms with Gasteiger partial charge in [0.25, 0.3) is 0 Å². The van der Waals surface area contributed by atoms with Crippen LogP contribution < -0.4 is 16.0 Å². The predicted octanol–water partition coefficient (Wildman–Crippen LogP) is 2.70. The monoisotopic (exact) mass is 396 g/mol. The number of nitrogens with zero attached hydrogens (tertiary/aromatic N) is 2. The molecule has 2 atom stereocenters. The van der Waals surface area contributed by atoms with Crippen molar-refractivity contribution in [2.24, 2.45) is 5.73 Å². The van der Waals surface area contributed by atoms with Crippen LogP contribution in [0.2, 0.25) is 0 Å². The molecular formula is C19H16N4O4S. The fourth-order valence-corrected chi connectivity index (χ4v) is 4.11. The second kappa shape index (κ2) is 6.86. The normalized spacial score (nSPS) is 16.3. The number of phenolic OH excluding ortho intramolecular Hbond substituents is 1. The maximum Gasteiger partial charge on any atom is 0.338 e. The molecule has 0 bridgehead atoms. The first-order chi connectivity index (χ1) is 13.5. The zero-order chi connectivity index (χ0) is 19.8. The van der Waals surface area contributed by atoms with Crippen molar-refractivity contribution >= 4 is 34.7 Å². The number of anilines is 2. The highest BCUT2D eigenvalue weighted by Gasteiger charge is 2.42. The van der Waals surface area contributed by atoms with Crippen LogP contribution in [0, 0.1) is 0 Å². The molecule has 9 heteroatoms. The lowest BCUT2D eigenvalue weighted by atomic mass is 10.0. The molecule has 8 nitrogen and oxygen atoms in total. The molecule has 28 heavy (non-hydrogen) atoms. The Morgan fingerprint density at radius 3 is 2.68 bits per heavy atom. The molecular weight excluding hydrogens is 380 g/mol. The van der Waals surface area contributed by atoms with E-state index in [1.54, 1.807) is 23.1 Å². The first kappa shape index (κ1) is 17.8. The number of amides is 1. The third-order valence-corrected chi connectivity index (χ3v) is 5.30. The standard InChI is InChI=1S/C19H16N4O4S/c20-16(25)14(11-3-1-2-4-13(11)24)23-15-12(19(26)27)5-7-21-17(15)22-18(23)10-6-8-28-9-10/h1-9,14,18,24H,(H2,20,25)(H,21,22)(H,26,27). The number of nitrogens with two attached hydrogens (primary N) is 1. The van der Waals surface area contributed by atoms with Crippen molar-refractivity contribution in [1.82, 2.24) is 4.98 Å². The van der Waals surface area contributed by atoms with E-state index in [0.717, 1.165) is 5.56 Å². The second-order valence-corrected chi connectivity index (χ2v) is 7.02. The molecule has 0 saturated carbocycles. The molecule has 0 aliphatic carbocycles. The number of carboxylic acids is 1. The largest absolute Gasteiger partial charge is 0.508 e. The molecule has 4 rings (SSSR count). The van der Waals surface area contributed by atoms with Crippen molar-refractivity contribution in [3.05, 3.63) is 70.0 Å². The number of aromatic carboxylic acids is 1. The number of thiophene rings is 1. The molecule has 1 aliphatic heterocycles. The smallest absolute Gasteiger partial charge is 0.338 e. The minimum atomic E-state index is -1.16. The summed E-state index contributed by atoms with van der Waals surface area (Å²) < 4.78 is 0. The first-order valence-corrected chi connectivity index (χ1v) is 9.29. The highest BCUT2D eigenvalue weighted by atomic mass is 32.1. The van der Waals surface area contributed by atoms with E-state index in [2.05, 4.69) is 10.3 Å². The van der Waals surface area contributed by atoms with Crippen LogP contribution in [0.3, 0.4) is 0 Å². The highest BCUT2D eigenvalue weighted by Crippen LogP contribution is 2.48. The van der Waals surface area contributed by atoms with E-state index in [1.165, 1.54) is 29.7 Å². The Morgan fingerprint density at radius 1 is 1.25 bits per heavy atom. The topological polar surface area (TPSA) is 129 Å². The second-order valence-electron chi connectivity index (χ2n) is 6.24. The van der Waals surface area contributed by atoms with Crippen LogP contribution in [0.15, 0.2) is 53.4 Å². The number of hydrogen-bond acceptors (Lipinski definition) is 7. The summed E-state index contributed by atoms with van der Waals surface area (Å²) in [5.74, 6) is -1.66. The molecule has 0 saturated heterocycles. The van der Waals surface area contributed by atoms with Gasteiger partial charge in [-0.25, -0.2) is 9.78 Å². The van der Waals surface area contributed by atoms with Gasteiger partial charge in [0.1, 0.15) is 18.0 Å². The van der Waals surface area contributed by atoms with Gasteiger partial charge in [-0.1, -0.05) is 18.2 Å². The van der Waals surface area contributed by atoms with Gasteiger partial charge in [0.2, 0.25) is 5.91 Å². The number of phenols is 1. The van der Waals surface area contributed by atoms with E-state index in [1.807, 2.05) is 16.8 Å². The van der Waals surface area contributed by atoms with Crippen LogP contribution in [-0.4, -0.2) is 27.1 Å². The van der Waals surface area contributed by atoms with E-state index < -0.39 is 24.1 Å². The Labute approximate surface area is 163 Å². The van der Waals surface area contributed by atoms with Gasteiger partial charge in [-0.3, -0.25) is 4.79 Å². The summed E-state index contributed by atoms with van der Waals surface area (Å²) in [5, 5.41) is 27.0. The number of para-hydroxylation sites is 1. The quantitative estimate of drug-likeness (QED) is 0.522. The molecule has 2 aromatic heterocycles. The van der Waals surface area contributed by atoms with Crippen LogP contribution >= 0.6 is 11.3 Å². The molecule has 0 radical (unpaired) electrons. The Balaban J connectivity index is 1.96. The fraction of sp³-hybridized carbons (Fsp3) is 0.105. The first-order valence-electron chi connectivity index (χ1n) is 8.35. The summed E-state index contributed by atoms with van der Waals surface area (Å²) in [4.78, 5) is 30.2. The Morgan fingerprint density at radius 2 is 2.04 bits per heavy atom. The number of pyridine rings is 1. The minimum Gasteiger partial charge on any atom is -0.508 e.